The van der Waals surface area contributed by atoms with Gasteiger partial charge in [-0.3, -0.25) is 0 Å². The van der Waals surface area contributed by atoms with Gasteiger partial charge in [0, 0.05) is 38.1 Å². The zero-order chi connectivity index (χ0) is 16.8. The van der Waals surface area contributed by atoms with Crippen molar-refractivity contribution in [1.82, 2.24) is 15.6 Å². The van der Waals surface area contributed by atoms with Crippen LogP contribution in [0.25, 0.3) is 0 Å². The van der Waals surface area contributed by atoms with Crippen molar-refractivity contribution in [3.05, 3.63) is 23.9 Å². The number of aromatic nitrogens is 1. The Morgan fingerprint density at radius 3 is 2.71 bits per heavy atom. The molecule has 0 bridgehead atoms. The Morgan fingerprint density at radius 1 is 1.17 bits per heavy atom. The summed E-state index contributed by atoms with van der Waals surface area (Å²) in [6.45, 7) is 10.5. The highest BCUT2D eigenvalue weighted by atomic mass is 127. The van der Waals surface area contributed by atoms with Gasteiger partial charge >= 0.3 is 0 Å². The fraction of sp³-hybridized carbons (Fsp3) is 0.647. The first-order valence-corrected chi connectivity index (χ1v) is 8.48. The highest BCUT2D eigenvalue weighted by Crippen LogP contribution is 2.15. The maximum atomic E-state index is 5.53. The SMILES string of the molecule is CCNC(=NCc1cccnc1OCC)NCCCCOCC.I. The van der Waals surface area contributed by atoms with E-state index in [0.29, 0.717) is 19.0 Å². The van der Waals surface area contributed by atoms with Gasteiger partial charge < -0.3 is 20.1 Å². The number of nitrogens with one attached hydrogen (secondary N) is 2. The molecule has 0 amide bonds. The standard InChI is InChI=1S/C17H30N4O2.HI/c1-4-18-17(20-11-7-8-13-22-5-2)21-14-15-10-9-12-19-16(15)23-6-3;/h9-10,12H,4-8,11,13-14H2,1-3H3,(H2,18,20,21);1H. The van der Waals surface area contributed by atoms with Crippen LogP contribution < -0.4 is 15.4 Å². The zero-order valence-electron chi connectivity index (χ0n) is 15.0. The summed E-state index contributed by atoms with van der Waals surface area (Å²) in [4.78, 5) is 8.85. The molecular weight excluding hydrogens is 419 g/mol. The molecule has 0 aliphatic carbocycles. The lowest BCUT2D eigenvalue weighted by Gasteiger charge is -2.12. The maximum Gasteiger partial charge on any atom is 0.218 e. The predicted molar refractivity (Wildman–Crippen MR) is 109 cm³/mol. The molecule has 24 heavy (non-hydrogen) atoms. The smallest absolute Gasteiger partial charge is 0.218 e. The lowest BCUT2D eigenvalue weighted by Crippen LogP contribution is -2.37. The van der Waals surface area contributed by atoms with E-state index in [2.05, 4.69) is 27.5 Å². The van der Waals surface area contributed by atoms with Crippen molar-refractivity contribution in [2.24, 2.45) is 4.99 Å². The van der Waals surface area contributed by atoms with Gasteiger partial charge in [0.25, 0.3) is 0 Å². The molecule has 0 saturated carbocycles. The molecule has 6 nitrogen and oxygen atoms in total. The van der Waals surface area contributed by atoms with Crippen molar-refractivity contribution in [1.29, 1.82) is 0 Å². The molecule has 2 N–H and O–H groups in total. The third kappa shape index (κ3) is 9.92. The summed E-state index contributed by atoms with van der Waals surface area (Å²) in [5, 5.41) is 6.59. The number of hydrogen-bond donors (Lipinski definition) is 2. The van der Waals surface area contributed by atoms with Crippen LogP contribution in [0.15, 0.2) is 23.3 Å². The van der Waals surface area contributed by atoms with E-state index in [1.165, 1.54) is 0 Å². The first kappa shape index (κ1) is 22.9. The van der Waals surface area contributed by atoms with Crippen LogP contribution in [0.2, 0.25) is 0 Å². The van der Waals surface area contributed by atoms with Crippen molar-refractivity contribution in [3.63, 3.8) is 0 Å². The minimum Gasteiger partial charge on any atom is -0.478 e. The van der Waals surface area contributed by atoms with Gasteiger partial charge in [0.1, 0.15) is 0 Å². The van der Waals surface area contributed by atoms with Gasteiger partial charge in [-0.2, -0.15) is 0 Å². The Bertz CT molecular complexity index is 458. The van der Waals surface area contributed by atoms with E-state index < -0.39 is 0 Å². The highest BCUT2D eigenvalue weighted by molar-refractivity contribution is 14.0. The van der Waals surface area contributed by atoms with Crippen LogP contribution >= 0.6 is 24.0 Å². The summed E-state index contributed by atoms with van der Waals surface area (Å²) in [5.74, 6) is 1.47. The molecule has 1 heterocycles. The fourth-order valence-corrected chi connectivity index (χ4v) is 2.00. The number of hydrogen-bond acceptors (Lipinski definition) is 4. The van der Waals surface area contributed by atoms with Crippen LogP contribution in [0.5, 0.6) is 5.88 Å². The largest absolute Gasteiger partial charge is 0.478 e. The number of aliphatic imine (C=N–C) groups is 1. The summed E-state index contributed by atoms with van der Waals surface area (Å²) in [5.41, 5.74) is 0.989. The summed E-state index contributed by atoms with van der Waals surface area (Å²) < 4.78 is 10.9. The molecule has 1 rings (SSSR count). The molecule has 0 atom stereocenters. The number of pyridine rings is 1. The number of halogens is 1. The average molecular weight is 450 g/mol. The molecule has 0 aliphatic heterocycles. The van der Waals surface area contributed by atoms with Gasteiger partial charge in [0.05, 0.1) is 13.2 Å². The Kier molecular flexibility index (Phi) is 14.7. The van der Waals surface area contributed by atoms with E-state index in [1.54, 1.807) is 6.20 Å². The topological polar surface area (TPSA) is 67.8 Å². The van der Waals surface area contributed by atoms with Crippen LogP contribution in [0.3, 0.4) is 0 Å². The number of guanidine groups is 1. The molecular formula is C17H31IN4O2. The third-order valence-electron chi connectivity index (χ3n) is 3.09. The zero-order valence-corrected chi connectivity index (χ0v) is 17.3. The molecule has 0 unspecified atom stereocenters. The normalized spacial score (nSPS) is 10.9. The lowest BCUT2D eigenvalue weighted by molar-refractivity contribution is 0.143. The molecule has 0 aromatic carbocycles. The maximum absolute atomic E-state index is 5.53. The molecule has 0 spiro atoms. The molecule has 1 aromatic heterocycles. The lowest BCUT2D eigenvalue weighted by atomic mass is 10.3. The Labute approximate surface area is 162 Å². The number of rotatable bonds is 11. The van der Waals surface area contributed by atoms with Crippen molar-refractivity contribution >= 4 is 29.9 Å². The fourth-order valence-electron chi connectivity index (χ4n) is 2.00. The van der Waals surface area contributed by atoms with Crippen LogP contribution in [-0.4, -0.2) is 43.9 Å². The van der Waals surface area contributed by atoms with E-state index in [4.69, 9.17) is 9.47 Å². The van der Waals surface area contributed by atoms with Crippen LogP contribution in [-0.2, 0) is 11.3 Å². The van der Waals surface area contributed by atoms with Gasteiger partial charge in [0.15, 0.2) is 5.96 Å². The molecule has 0 radical (unpaired) electrons. The summed E-state index contributed by atoms with van der Waals surface area (Å²) >= 11 is 0. The van der Waals surface area contributed by atoms with E-state index in [9.17, 15) is 0 Å². The van der Waals surface area contributed by atoms with E-state index in [0.717, 1.165) is 50.7 Å². The Morgan fingerprint density at radius 2 is 2.00 bits per heavy atom. The summed E-state index contributed by atoms with van der Waals surface area (Å²) in [7, 11) is 0. The number of ether oxygens (including phenoxy) is 2. The van der Waals surface area contributed by atoms with E-state index >= 15 is 0 Å². The van der Waals surface area contributed by atoms with Crippen molar-refractivity contribution in [2.45, 2.75) is 40.2 Å². The van der Waals surface area contributed by atoms with Gasteiger partial charge in [0.2, 0.25) is 5.88 Å². The first-order valence-electron chi connectivity index (χ1n) is 8.48. The van der Waals surface area contributed by atoms with Gasteiger partial charge in [-0.05, 0) is 39.7 Å². The van der Waals surface area contributed by atoms with Gasteiger partial charge in [-0.1, -0.05) is 6.07 Å². The van der Waals surface area contributed by atoms with Crippen molar-refractivity contribution in [3.8, 4) is 5.88 Å². The predicted octanol–water partition coefficient (Wildman–Crippen LogP) is 2.97. The average Bonchev–Trinajstić information content (AvgIpc) is 2.57. The van der Waals surface area contributed by atoms with Gasteiger partial charge in [-0.25, -0.2) is 9.98 Å². The van der Waals surface area contributed by atoms with Crippen molar-refractivity contribution < 1.29 is 9.47 Å². The van der Waals surface area contributed by atoms with Crippen molar-refractivity contribution in [2.75, 3.05) is 32.9 Å². The number of nitrogens with zero attached hydrogens (tertiary/aromatic N) is 2. The molecule has 0 aliphatic rings. The second-order valence-corrected chi connectivity index (χ2v) is 4.93. The minimum atomic E-state index is 0. The Balaban J connectivity index is 0.00000529. The summed E-state index contributed by atoms with van der Waals surface area (Å²) in [6.07, 6.45) is 3.85. The highest BCUT2D eigenvalue weighted by Gasteiger charge is 2.04. The minimum absolute atomic E-state index is 0. The summed E-state index contributed by atoms with van der Waals surface area (Å²) in [6, 6.07) is 3.90. The second-order valence-electron chi connectivity index (χ2n) is 4.93. The van der Waals surface area contributed by atoms with E-state index in [1.807, 2.05) is 26.0 Å². The third-order valence-corrected chi connectivity index (χ3v) is 3.09. The van der Waals surface area contributed by atoms with Crippen LogP contribution in [0, 0.1) is 0 Å². The molecule has 0 fully saturated rings. The molecule has 1 aromatic rings. The number of unbranched alkanes of at least 4 members (excludes halogenated alkanes) is 1. The van der Waals surface area contributed by atoms with Crippen LogP contribution in [0.4, 0.5) is 0 Å². The molecule has 7 heteroatoms. The Hall–Kier alpha value is -1.09. The van der Waals surface area contributed by atoms with E-state index in [-0.39, 0.29) is 24.0 Å². The monoisotopic (exact) mass is 450 g/mol. The molecule has 138 valence electrons. The van der Waals surface area contributed by atoms with Crippen LogP contribution in [0.1, 0.15) is 39.2 Å². The molecule has 0 saturated heterocycles. The second kappa shape index (κ2) is 15.4. The quantitative estimate of drug-likeness (QED) is 0.235. The van der Waals surface area contributed by atoms with Gasteiger partial charge in [-0.15, -0.1) is 24.0 Å². The first-order chi connectivity index (χ1) is 11.3.